The van der Waals surface area contributed by atoms with E-state index in [1.54, 1.807) is 0 Å². The molecule has 4 rings (SSSR count). The van der Waals surface area contributed by atoms with Gasteiger partial charge in [0.25, 0.3) is 0 Å². The third kappa shape index (κ3) is 3.72. The normalized spacial score (nSPS) is 16.7. The van der Waals surface area contributed by atoms with Crippen LogP contribution >= 0.6 is 0 Å². The Hall–Kier alpha value is -2.69. The van der Waals surface area contributed by atoms with Crippen molar-refractivity contribution in [1.29, 1.82) is 0 Å². The van der Waals surface area contributed by atoms with Crippen molar-refractivity contribution in [3.8, 4) is 11.5 Å². The van der Waals surface area contributed by atoms with Gasteiger partial charge in [-0.1, -0.05) is 36.4 Å². The number of benzene rings is 2. The number of amides is 2. The first-order valence-electron chi connectivity index (χ1n) is 9.60. The van der Waals surface area contributed by atoms with Crippen LogP contribution in [0.15, 0.2) is 48.5 Å². The van der Waals surface area contributed by atoms with Crippen LogP contribution in [0.2, 0.25) is 0 Å². The predicted octanol–water partition coefficient (Wildman–Crippen LogP) is 4.07. The minimum Gasteiger partial charge on any atom is -0.486 e. The number of rotatable bonds is 5. The molecule has 2 aromatic carbocycles. The van der Waals surface area contributed by atoms with Gasteiger partial charge in [0, 0.05) is 12.6 Å². The largest absolute Gasteiger partial charge is 0.486 e. The average molecular weight is 366 g/mol. The number of carbonyl (C=O) groups is 1. The molecule has 142 valence electrons. The number of urea groups is 1. The van der Waals surface area contributed by atoms with Crippen molar-refractivity contribution in [2.75, 3.05) is 13.2 Å². The summed E-state index contributed by atoms with van der Waals surface area (Å²) < 4.78 is 11.3. The Bertz CT molecular complexity index is 816. The van der Waals surface area contributed by atoms with E-state index in [0.29, 0.717) is 19.8 Å². The van der Waals surface area contributed by atoms with Crippen LogP contribution in [-0.4, -0.2) is 30.2 Å². The molecule has 1 fully saturated rings. The van der Waals surface area contributed by atoms with Gasteiger partial charge >= 0.3 is 6.03 Å². The molecule has 1 aliphatic heterocycles. The van der Waals surface area contributed by atoms with Gasteiger partial charge in [0.15, 0.2) is 11.5 Å². The van der Waals surface area contributed by atoms with Crippen LogP contribution in [0.3, 0.4) is 0 Å². The standard InChI is InChI=1S/C22H26N2O3/c1-16(2)24(15-17-6-4-3-5-7-17)21(25)23-22(10-11-22)18-8-9-19-20(14-18)27-13-12-26-19/h3-9,14,16H,10-13,15H2,1-2H3,(H,23,25). The Labute approximate surface area is 160 Å². The summed E-state index contributed by atoms with van der Waals surface area (Å²) in [5.41, 5.74) is 1.92. The summed E-state index contributed by atoms with van der Waals surface area (Å²) in [4.78, 5) is 14.9. The van der Waals surface area contributed by atoms with Crippen molar-refractivity contribution in [2.45, 2.75) is 44.8 Å². The minimum atomic E-state index is -0.295. The second kappa shape index (κ2) is 7.14. The van der Waals surface area contributed by atoms with Crippen molar-refractivity contribution in [1.82, 2.24) is 10.2 Å². The van der Waals surface area contributed by atoms with Crippen LogP contribution in [-0.2, 0) is 12.1 Å². The van der Waals surface area contributed by atoms with E-state index in [0.717, 1.165) is 35.5 Å². The molecular formula is C22H26N2O3. The molecule has 2 aromatic rings. The number of hydrogen-bond donors (Lipinski definition) is 1. The Balaban J connectivity index is 1.50. The Morgan fingerprint density at radius 1 is 1.07 bits per heavy atom. The summed E-state index contributed by atoms with van der Waals surface area (Å²) in [6, 6.07) is 16.2. The minimum absolute atomic E-state index is 0.0266. The second-order valence-electron chi connectivity index (χ2n) is 7.58. The number of nitrogens with one attached hydrogen (secondary N) is 1. The molecule has 1 aliphatic carbocycles. The SMILES string of the molecule is CC(C)N(Cc1ccccc1)C(=O)NC1(c2ccc3c(c2)OCCO3)CC1. The highest BCUT2D eigenvalue weighted by Crippen LogP contribution is 2.48. The lowest BCUT2D eigenvalue weighted by molar-refractivity contribution is 0.170. The summed E-state index contributed by atoms with van der Waals surface area (Å²) in [5, 5.41) is 3.28. The van der Waals surface area contributed by atoms with Crippen molar-refractivity contribution >= 4 is 6.03 Å². The first kappa shape index (κ1) is 17.7. The van der Waals surface area contributed by atoms with Gasteiger partial charge in [0.1, 0.15) is 13.2 Å². The molecule has 0 spiro atoms. The third-order valence-corrected chi connectivity index (χ3v) is 5.27. The molecule has 27 heavy (non-hydrogen) atoms. The molecule has 2 amide bonds. The monoisotopic (exact) mass is 366 g/mol. The van der Waals surface area contributed by atoms with E-state index in [2.05, 4.69) is 17.4 Å². The molecule has 0 unspecified atom stereocenters. The van der Waals surface area contributed by atoms with Crippen LogP contribution in [0.1, 0.15) is 37.8 Å². The first-order chi connectivity index (χ1) is 13.1. The van der Waals surface area contributed by atoms with Crippen molar-refractivity contribution < 1.29 is 14.3 Å². The fraction of sp³-hybridized carbons (Fsp3) is 0.409. The summed E-state index contributed by atoms with van der Waals surface area (Å²) in [6.45, 7) is 5.84. The zero-order valence-corrected chi connectivity index (χ0v) is 15.9. The van der Waals surface area contributed by atoms with Gasteiger partial charge in [-0.3, -0.25) is 0 Å². The maximum atomic E-state index is 13.1. The van der Waals surface area contributed by atoms with Gasteiger partial charge in [-0.05, 0) is 49.9 Å². The molecule has 1 heterocycles. The van der Waals surface area contributed by atoms with Gasteiger partial charge in [0.2, 0.25) is 0 Å². The van der Waals surface area contributed by atoms with E-state index in [4.69, 9.17) is 9.47 Å². The molecule has 1 saturated carbocycles. The second-order valence-corrected chi connectivity index (χ2v) is 7.58. The highest BCUT2D eigenvalue weighted by molar-refractivity contribution is 5.76. The molecule has 0 bridgehead atoms. The molecule has 2 aliphatic rings. The lowest BCUT2D eigenvalue weighted by Crippen LogP contribution is -2.47. The smallest absolute Gasteiger partial charge is 0.318 e. The fourth-order valence-electron chi connectivity index (χ4n) is 3.50. The van der Waals surface area contributed by atoms with E-state index >= 15 is 0 Å². The van der Waals surface area contributed by atoms with Crippen LogP contribution in [0.5, 0.6) is 11.5 Å². The number of fused-ring (bicyclic) bond motifs is 1. The molecule has 5 heteroatoms. The summed E-state index contributed by atoms with van der Waals surface area (Å²) in [5.74, 6) is 1.55. The highest BCUT2D eigenvalue weighted by atomic mass is 16.6. The number of carbonyl (C=O) groups excluding carboxylic acids is 1. The zero-order chi connectivity index (χ0) is 18.9. The molecule has 1 N–H and O–H groups in total. The van der Waals surface area contributed by atoms with Crippen molar-refractivity contribution in [2.24, 2.45) is 0 Å². The van der Waals surface area contributed by atoms with E-state index in [9.17, 15) is 4.79 Å². The lowest BCUT2D eigenvalue weighted by Gasteiger charge is -2.30. The van der Waals surface area contributed by atoms with Crippen LogP contribution in [0, 0.1) is 0 Å². The Morgan fingerprint density at radius 2 is 1.78 bits per heavy atom. The van der Waals surface area contributed by atoms with Crippen LogP contribution in [0.4, 0.5) is 4.79 Å². The van der Waals surface area contributed by atoms with Crippen LogP contribution < -0.4 is 14.8 Å². The quantitative estimate of drug-likeness (QED) is 0.868. The van der Waals surface area contributed by atoms with Gasteiger partial charge in [0.05, 0.1) is 5.54 Å². The van der Waals surface area contributed by atoms with Gasteiger partial charge in [-0.2, -0.15) is 0 Å². The molecule has 0 atom stereocenters. The fourth-order valence-corrected chi connectivity index (χ4v) is 3.50. The zero-order valence-electron chi connectivity index (χ0n) is 15.9. The lowest BCUT2D eigenvalue weighted by atomic mass is 10.0. The Kier molecular flexibility index (Phi) is 4.68. The third-order valence-electron chi connectivity index (χ3n) is 5.27. The Morgan fingerprint density at radius 3 is 2.44 bits per heavy atom. The van der Waals surface area contributed by atoms with E-state index < -0.39 is 0 Å². The maximum Gasteiger partial charge on any atom is 0.318 e. The highest BCUT2D eigenvalue weighted by Gasteiger charge is 2.47. The van der Waals surface area contributed by atoms with E-state index in [1.165, 1.54) is 0 Å². The topological polar surface area (TPSA) is 50.8 Å². The van der Waals surface area contributed by atoms with Crippen LogP contribution in [0.25, 0.3) is 0 Å². The molecule has 0 saturated heterocycles. The first-order valence-corrected chi connectivity index (χ1v) is 9.60. The van der Waals surface area contributed by atoms with Crippen molar-refractivity contribution in [3.05, 3.63) is 59.7 Å². The predicted molar refractivity (Wildman–Crippen MR) is 104 cm³/mol. The number of ether oxygens (including phenoxy) is 2. The van der Waals surface area contributed by atoms with Gasteiger partial charge < -0.3 is 19.7 Å². The molecule has 0 aromatic heterocycles. The molecule has 5 nitrogen and oxygen atoms in total. The molecule has 0 radical (unpaired) electrons. The van der Waals surface area contributed by atoms with E-state index in [-0.39, 0.29) is 17.6 Å². The number of hydrogen-bond acceptors (Lipinski definition) is 3. The van der Waals surface area contributed by atoms with Gasteiger partial charge in [-0.25, -0.2) is 4.79 Å². The number of nitrogens with zero attached hydrogens (tertiary/aromatic N) is 1. The molecular weight excluding hydrogens is 340 g/mol. The average Bonchev–Trinajstić information content (AvgIpc) is 3.47. The van der Waals surface area contributed by atoms with Gasteiger partial charge in [-0.15, -0.1) is 0 Å². The maximum absolute atomic E-state index is 13.1. The summed E-state index contributed by atoms with van der Waals surface area (Å²) >= 11 is 0. The summed E-state index contributed by atoms with van der Waals surface area (Å²) in [7, 11) is 0. The summed E-state index contributed by atoms with van der Waals surface area (Å²) in [6.07, 6.45) is 1.88. The van der Waals surface area contributed by atoms with E-state index in [1.807, 2.05) is 55.1 Å². The van der Waals surface area contributed by atoms with Crippen molar-refractivity contribution in [3.63, 3.8) is 0 Å².